The molecule has 4 rings (SSSR count). The molecule has 9 heteroatoms. The van der Waals surface area contributed by atoms with E-state index in [9.17, 15) is 9.65 Å². The molecule has 0 amide bonds. The Labute approximate surface area is 178 Å². The van der Waals surface area contributed by atoms with Crippen molar-refractivity contribution in [3.05, 3.63) is 71.9 Å². The number of nitrogens with two attached hydrogens (primary N) is 1. The molecule has 4 aromatic rings. The van der Waals surface area contributed by atoms with Crippen molar-refractivity contribution in [2.24, 2.45) is 0 Å². The van der Waals surface area contributed by atoms with Gasteiger partial charge in [0, 0.05) is 5.56 Å². The number of nitriles is 1. The second-order valence-corrected chi connectivity index (χ2v) is 7.53. The smallest absolute Gasteiger partial charge is 0.221 e. The molecule has 0 aliphatic heterocycles. The minimum absolute atomic E-state index is 0.0124. The van der Waals surface area contributed by atoms with Gasteiger partial charge in [0.2, 0.25) is 5.95 Å². The molecule has 8 nitrogen and oxygen atoms in total. The number of aromatic nitrogens is 6. The Morgan fingerprint density at radius 1 is 1.03 bits per heavy atom. The van der Waals surface area contributed by atoms with Crippen LogP contribution in [-0.4, -0.2) is 29.9 Å². The average Bonchev–Trinajstić information content (AvgIpc) is 3.22. The van der Waals surface area contributed by atoms with Crippen LogP contribution in [0.15, 0.2) is 54.7 Å². The number of halogens is 1. The fourth-order valence-electron chi connectivity index (χ4n) is 3.04. The number of hydrogen-bond acceptors (Lipinski definition) is 7. The molecule has 0 aliphatic rings. The molecule has 0 spiro atoms. The molecule has 154 valence electrons. The molecule has 0 unspecified atom stereocenters. The van der Waals surface area contributed by atoms with Gasteiger partial charge in [0.25, 0.3) is 0 Å². The monoisotopic (exact) mass is 414 g/mol. The largest absolute Gasteiger partial charge is 0.368 e. The van der Waals surface area contributed by atoms with E-state index in [0.717, 1.165) is 5.69 Å². The van der Waals surface area contributed by atoms with Gasteiger partial charge in [-0.3, -0.25) is 4.98 Å². The van der Waals surface area contributed by atoms with Gasteiger partial charge in [-0.2, -0.15) is 5.26 Å². The van der Waals surface area contributed by atoms with Crippen molar-refractivity contribution in [2.75, 3.05) is 5.73 Å². The summed E-state index contributed by atoms with van der Waals surface area (Å²) >= 11 is 0. The van der Waals surface area contributed by atoms with Crippen LogP contribution >= 0.6 is 0 Å². The number of hydrogen-bond donors (Lipinski definition) is 1. The lowest BCUT2D eigenvalue weighted by atomic mass is 9.91. The average molecular weight is 414 g/mol. The van der Waals surface area contributed by atoms with Crippen LogP contribution in [0.25, 0.3) is 22.6 Å². The molecule has 31 heavy (non-hydrogen) atoms. The van der Waals surface area contributed by atoms with Gasteiger partial charge in [0.15, 0.2) is 0 Å². The van der Waals surface area contributed by atoms with Crippen LogP contribution in [0.4, 0.5) is 10.3 Å². The standard InChI is InChI=1S/C22H19FN8/c1-22(2,13-24)20-9-5-6-14(26-20)11-31-12-19(29-30-31)18-10-17(27-21(25)28-18)15-7-3-4-8-16(15)23/h3-10,12H,11H2,1-2H3,(H2,25,27,28). The summed E-state index contributed by atoms with van der Waals surface area (Å²) < 4.78 is 15.8. The van der Waals surface area contributed by atoms with E-state index in [0.29, 0.717) is 34.9 Å². The molecule has 0 saturated carbocycles. The van der Waals surface area contributed by atoms with Gasteiger partial charge >= 0.3 is 0 Å². The minimum Gasteiger partial charge on any atom is -0.368 e. The lowest BCUT2D eigenvalue weighted by molar-refractivity contribution is 0.616. The number of nitrogens with zero attached hydrogens (tertiary/aromatic N) is 7. The summed E-state index contributed by atoms with van der Waals surface area (Å²) in [6, 6.07) is 15.7. The summed E-state index contributed by atoms with van der Waals surface area (Å²) in [6.07, 6.45) is 1.71. The number of nitrogen functional groups attached to an aromatic ring is 1. The van der Waals surface area contributed by atoms with Gasteiger partial charge in [0.05, 0.1) is 47.0 Å². The highest BCUT2D eigenvalue weighted by molar-refractivity contribution is 5.67. The molecule has 0 atom stereocenters. The van der Waals surface area contributed by atoms with E-state index in [1.165, 1.54) is 6.07 Å². The van der Waals surface area contributed by atoms with E-state index in [2.05, 4.69) is 31.3 Å². The first-order valence-corrected chi connectivity index (χ1v) is 9.53. The first kappa shape index (κ1) is 20.1. The topological polar surface area (TPSA) is 119 Å². The second kappa shape index (κ2) is 7.91. The third-order valence-corrected chi connectivity index (χ3v) is 4.74. The highest BCUT2D eigenvalue weighted by Crippen LogP contribution is 2.25. The van der Waals surface area contributed by atoms with Crippen molar-refractivity contribution in [1.29, 1.82) is 5.26 Å². The van der Waals surface area contributed by atoms with Crippen LogP contribution in [-0.2, 0) is 12.0 Å². The molecule has 0 radical (unpaired) electrons. The predicted octanol–water partition coefficient (Wildman–Crippen LogP) is 3.37. The second-order valence-electron chi connectivity index (χ2n) is 7.53. The van der Waals surface area contributed by atoms with E-state index < -0.39 is 11.2 Å². The maximum Gasteiger partial charge on any atom is 0.221 e. The van der Waals surface area contributed by atoms with E-state index in [1.807, 2.05) is 32.0 Å². The number of anilines is 1. The van der Waals surface area contributed by atoms with Gasteiger partial charge < -0.3 is 5.73 Å². The Bertz CT molecular complexity index is 1290. The molecule has 3 heterocycles. The summed E-state index contributed by atoms with van der Waals surface area (Å²) in [7, 11) is 0. The zero-order valence-corrected chi connectivity index (χ0v) is 17.0. The fraction of sp³-hybridized carbons (Fsp3) is 0.182. The van der Waals surface area contributed by atoms with E-state index in [1.54, 1.807) is 35.1 Å². The Morgan fingerprint density at radius 3 is 2.58 bits per heavy atom. The SMILES string of the molecule is CC(C)(C#N)c1cccc(Cn2cc(-c3cc(-c4ccccc4F)nc(N)n3)nn2)n1. The molecule has 0 bridgehead atoms. The molecule has 0 fully saturated rings. The lowest BCUT2D eigenvalue weighted by Gasteiger charge is -2.15. The molecular formula is C22H19FN8. The van der Waals surface area contributed by atoms with Crippen LogP contribution in [0.2, 0.25) is 0 Å². The summed E-state index contributed by atoms with van der Waals surface area (Å²) in [5.74, 6) is -0.389. The van der Waals surface area contributed by atoms with Crippen LogP contribution in [0.3, 0.4) is 0 Å². The highest BCUT2D eigenvalue weighted by atomic mass is 19.1. The third-order valence-electron chi connectivity index (χ3n) is 4.74. The van der Waals surface area contributed by atoms with Gasteiger partial charge in [-0.15, -0.1) is 5.10 Å². The van der Waals surface area contributed by atoms with Gasteiger partial charge in [-0.1, -0.05) is 23.4 Å². The molecule has 1 aromatic carbocycles. The van der Waals surface area contributed by atoms with Gasteiger partial charge in [-0.25, -0.2) is 19.0 Å². The predicted molar refractivity (Wildman–Crippen MR) is 113 cm³/mol. The van der Waals surface area contributed by atoms with E-state index in [-0.39, 0.29) is 5.95 Å². The maximum atomic E-state index is 14.2. The fourth-order valence-corrected chi connectivity index (χ4v) is 3.04. The molecule has 0 saturated heterocycles. The normalized spacial score (nSPS) is 11.3. The number of rotatable bonds is 5. The lowest BCUT2D eigenvalue weighted by Crippen LogP contribution is -2.17. The summed E-state index contributed by atoms with van der Waals surface area (Å²) in [5.41, 5.74) is 8.18. The Morgan fingerprint density at radius 2 is 1.81 bits per heavy atom. The minimum atomic E-state index is -0.689. The van der Waals surface area contributed by atoms with Crippen LogP contribution in [0.1, 0.15) is 25.2 Å². The quantitative estimate of drug-likeness (QED) is 0.532. The Hall–Kier alpha value is -4.19. The van der Waals surface area contributed by atoms with Crippen molar-refractivity contribution in [3.8, 4) is 28.7 Å². The zero-order valence-electron chi connectivity index (χ0n) is 17.0. The summed E-state index contributed by atoms with van der Waals surface area (Å²) in [6.45, 7) is 4.00. The van der Waals surface area contributed by atoms with Crippen molar-refractivity contribution < 1.29 is 4.39 Å². The number of pyridine rings is 1. The van der Waals surface area contributed by atoms with Gasteiger partial charge in [0.1, 0.15) is 11.5 Å². The third kappa shape index (κ3) is 4.23. The Balaban J connectivity index is 1.62. The summed E-state index contributed by atoms with van der Waals surface area (Å²) in [5, 5.41) is 17.6. The van der Waals surface area contributed by atoms with E-state index >= 15 is 0 Å². The van der Waals surface area contributed by atoms with Gasteiger partial charge in [-0.05, 0) is 44.2 Å². The first-order valence-electron chi connectivity index (χ1n) is 9.53. The van der Waals surface area contributed by atoms with Crippen molar-refractivity contribution >= 4 is 5.95 Å². The van der Waals surface area contributed by atoms with Crippen LogP contribution in [0, 0.1) is 17.1 Å². The van der Waals surface area contributed by atoms with E-state index in [4.69, 9.17) is 5.73 Å². The Kier molecular flexibility index (Phi) is 5.13. The van der Waals surface area contributed by atoms with Crippen LogP contribution < -0.4 is 5.73 Å². The molecule has 3 aromatic heterocycles. The first-order chi connectivity index (χ1) is 14.9. The van der Waals surface area contributed by atoms with Crippen molar-refractivity contribution in [3.63, 3.8) is 0 Å². The molecular weight excluding hydrogens is 395 g/mol. The highest BCUT2D eigenvalue weighted by Gasteiger charge is 2.21. The molecule has 2 N–H and O–H groups in total. The summed E-state index contributed by atoms with van der Waals surface area (Å²) in [4.78, 5) is 12.9. The zero-order chi connectivity index (χ0) is 22.0. The van der Waals surface area contributed by atoms with Crippen LogP contribution in [0.5, 0.6) is 0 Å². The van der Waals surface area contributed by atoms with Crippen molar-refractivity contribution in [1.82, 2.24) is 29.9 Å². The van der Waals surface area contributed by atoms with Crippen molar-refractivity contribution in [2.45, 2.75) is 25.8 Å². The molecule has 0 aliphatic carbocycles. The number of benzene rings is 1. The maximum absolute atomic E-state index is 14.2.